The van der Waals surface area contributed by atoms with Crippen LogP contribution in [0.25, 0.3) is 22.0 Å². The minimum Gasteiger partial charge on any atom is -0.302 e. The van der Waals surface area contributed by atoms with Crippen LogP contribution in [-0.2, 0) is 18.7 Å². The Hall–Kier alpha value is -3.29. The topological polar surface area (TPSA) is 43.6 Å². The van der Waals surface area contributed by atoms with Crippen molar-refractivity contribution in [2.24, 2.45) is 0 Å². The first-order valence-corrected chi connectivity index (χ1v) is 12.5. The molecule has 5 rings (SSSR count). The molecular formula is C26H21FN4S2. The van der Waals surface area contributed by atoms with Crippen LogP contribution in [0.3, 0.4) is 0 Å². The van der Waals surface area contributed by atoms with Gasteiger partial charge in [-0.1, -0.05) is 84.6 Å². The molecule has 7 heteroatoms. The third kappa shape index (κ3) is 5.05. The second kappa shape index (κ2) is 10.1. The molecule has 2 aromatic heterocycles. The summed E-state index contributed by atoms with van der Waals surface area (Å²) >= 11 is 3.21. The molecule has 0 saturated heterocycles. The number of hydrogen-bond donors (Lipinski definition) is 0. The molecular weight excluding hydrogens is 451 g/mol. The SMILES string of the molecule is Fc1ccccc1-c1nnc(SCc2csc(-c3ccccc3)n2)n1CCc1ccccc1. The van der Waals surface area contributed by atoms with E-state index in [1.165, 1.54) is 11.6 Å². The van der Waals surface area contributed by atoms with E-state index in [0.29, 0.717) is 23.7 Å². The van der Waals surface area contributed by atoms with Crippen molar-refractivity contribution >= 4 is 23.1 Å². The number of thioether (sulfide) groups is 1. The second-order valence-corrected chi connectivity index (χ2v) is 9.27. The van der Waals surface area contributed by atoms with Gasteiger partial charge in [0, 0.05) is 23.2 Å². The summed E-state index contributed by atoms with van der Waals surface area (Å²) in [5, 5.41) is 12.6. The minimum atomic E-state index is -0.297. The largest absolute Gasteiger partial charge is 0.302 e. The zero-order valence-electron chi connectivity index (χ0n) is 17.8. The fourth-order valence-electron chi connectivity index (χ4n) is 3.55. The van der Waals surface area contributed by atoms with E-state index >= 15 is 0 Å². The van der Waals surface area contributed by atoms with Gasteiger partial charge in [0.1, 0.15) is 10.8 Å². The van der Waals surface area contributed by atoms with Gasteiger partial charge < -0.3 is 4.57 Å². The van der Waals surface area contributed by atoms with Crippen LogP contribution < -0.4 is 0 Å². The molecule has 0 amide bonds. The third-order valence-electron chi connectivity index (χ3n) is 5.22. The van der Waals surface area contributed by atoms with Crippen LogP contribution in [0, 0.1) is 5.82 Å². The maximum atomic E-state index is 14.5. The number of thiazole rings is 1. The lowest BCUT2D eigenvalue weighted by Crippen LogP contribution is -2.06. The number of rotatable bonds is 8. The van der Waals surface area contributed by atoms with Gasteiger partial charge in [-0.25, -0.2) is 9.37 Å². The Morgan fingerprint density at radius 2 is 1.58 bits per heavy atom. The van der Waals surface area contributed by atoms with Gasteiger partial charge in [0.15, 0.2) is 11.0 Å². The fraction of sp³-hybridized carbons (Fsp3) is 0.115. The van der Waals surface area contributed by atoms with E-state index in [1.807, 2.05) is 47.0 Å². The summed E-state index contributed by atoms with van der Waals surface area (Å²) < 4.78 is 16.6. The molecule has 33 heavy (non-hydrogen) atoms. The normalized spacial score (nSPS) is 11.1. The summed E-state index contributed by atoms with van der Waals surface area (Å²) in [4.78, 5) is 4.78. The molecule has 0 unspecified atom stereocenters. The van der Waals surface area contributed by atoms with Gasteiger partial charge in [-0.15, -0.1) is 21.5 Å². The number of benzene rings is 3. The predicted molar refractivity (Wildman–Crippen MR) is 133 cm³/mol. The van der Waals surface area contributed by atoms with Crippen LogP contribution in [0.4, 0.5) is 4.39 Å². The Morgan fingerprint density at radius 3 is 2.36 bits per heavy atom. The molecule has 0 spiro atoms. The van der Waals surface area contributed by atoms with E-state index in [9.17, 15) is 4.39 Å². The van der Waals surface area contributed by atoms with Crippen molar-refractivity contribution in [3.05, 3.63) is 107 Å². The van der Waals surface area contributed by atoms with Gasteiger partial charge >= 0.3 is 0 Å². The van der Waals surface area contributed by atoms with Crippen molar-refractivity contribution in [3.63, 3.8) is 0 Å². The molecule has 0 fully saturated rings. The Kier molecular flexibility index (Phi) is 6.60. The van der Waals surface area contributed by atoms with Crippen molar-refractivity contribution in [2.45, 2.75) is 23.9 Å². The molecule has 0 aliphatic carbocycles. The summed E-state index contributed by atoms with van der Waals surface area (Å²) in [6.07, 6.45) is 0.808. The fourth-order valence-corrected chi connectivity index (χ4v) is 5.34. The summed E-state index contributed by atoms with van der Waals surface area (Å²) in [6.45, 7) is 0.662. The third-order valence-corrected chi connectivity index (χ3v) is 7.16. The van der Waals surface area contributed by atoms with Gasteiger partial charge in [-0.05, 0) is 24.1 Å². The average molecular weight is 473 g/mol. The maximum Gasteiger partial charge on any atom is 0.191 e. The quantitative estimate of drug-likeness (QED) is 0.235. The highest BCUT2D eigenvalue weighted by atomic mass is 32.2. The van der Waals surface area contributed by atoms with Crippen molar-refractivity contribution in [2.75, 3.05) is 0 Å². The van der Waals surface area contributed by atoms with Gasteiger partial charge in [-0.2, -0.15) is 0 Å². The number of nitrogens with zero attached hydrogens (tertiary/aromatic N) is 4. The molecule has 0 atom stereocenters. The first kappa shape index (κ1) is 21.6. The van der Waals surface area contributed by atoms with E-state index in [0.717, 1.165) is 27.8 Å². The van der Waals surface area contributed by atoms with Crippen molar-refractivity contribution in [3.8, 4) is 22.0 Å². The molecule has 2 heterocycles. The van der Waals surface area contributed by atoms with E-state index in [2.05, 4.69) is 39.8 Å². The smallest absolute Gasteiger partial charge is 0.191 e. The molecule has 3 aromatic carbocycles. The highest BCUT2D eigenvalue weighted by Crippen LogP contribution is 2.30. The highest BCUT2D eigenvalue weighted by Gasteiger charge is 2.18. The molecule has 0 saturated carbocycles. The highest BCUT2D eigenvalue weighted by molar-refractivity contribution is 7.98. The molecule has 5 aromatic rings. The lowest BCUT2D eigenvalue weighted by molar-refractivity contribution is 0.616. The lowest BCUT2D eigenvalue weighted by Gasteiger charge is -2.11. The van der Waals surface area contributed by atoms with E-state index in [1.54, 1.807) is 35.2 Å². The first-order valence-electron chi connectivity index (χ1n) is 10.6. The van der Waals surface area contributed by atoms with E-state index in [-0.39, 0.29) is 5.82 Å². The van der Waals surface area contributed by atoms with Crippen LogP contribution in [0.5, 0.6) is 0 Å². The Morgan fingerprint density at radius 1 is 0.848 bits per heavy atom. The molecule has 0 bridgehead atoms. The molecule has 164 valence electrons. The Labute approximate surface area is 200 Å². The number of hydrogen-bond acceptors (Lipinski definition) is 5. The minimum absolute atomic E-state index is 0.297. The van der Waals surface area contributed by atoms with Crippen LogP contribution in [0.1, 0.15) is 11.3 Å². The number of halogens is 1. The number of aromatic nitrogens is 4. The Balaban J connectivity index is 1.38. The van der Waals surface area contributed by atoms with Gasteiger partial charge in [-0.3, -0.25) is 0 Å². The summed E-state index contributed by atoms with van der Waals surface area (Å²) in [6, 6.07) is 27.1. The van der Waals surface area contributed by atoms with Crippen molar-refractivity contribution in [1.29, 1.82) is 0 Å². The monoisotopic (exact) mass is 472 g/mol. The van der Waals surface area contributed by atoms with Crippen LogP contribution in [0.15, 0.2) is 95.5 Å². The molecule has 0 radical (unpaired) electrons. The predicted octanol–water partition coefficient (Wildman–Crippen LogP) is 6.74. The second-order valence-electron chi connectivity index (χ2n) is 7.47. The Bertz CT molecular complexity index is 1330. The lowest BCUT2D eigenvalue weighted by atomic mass is 10.1. The standard InChI is InChI=1S/C26H21FN4S2/c27-23-14-8-7-13-22(23)24-29-30-26(31(24)16-15-19-9-3-1-4-10-19)33-18-21-17-32-25(28-21)20-11-5-2-6-12-20/h1-14,17H,15-16,18H2. The van der Waals surface area contributed by atoms with E-state index < -0.39 is 0 Å². The van der Waals surface area contributed by atoms with Gasteiger partial charge in [0.05, 0.1) is 11.3 Å². The zero-order chi connectivity index (χ0) is 22.5. The van der Waals surface area contributed by atoms with E-state index in [4.69, 9.17) is 4.98 Å². The molecule has 4 nitrogen and oxygen atoms in total. The van der Waals surface area contributed by atoms with Crippen LogP contribution in [0.2, 0.25) is 0 Å². The average Bonchev–Trinajstić information content (AvgIpc) is 3.50. The first-order chi connectivity index (χ1) is 16.3. The van der Waals surface area contributed by atoms with Crippen molar-refractivity contribution in [1.82, 2.24) is 19.7 Å². The molecule has 0 aliphatic rings. The van der Waals surface area contributed by atoms with Crippen LogP contribution >= 0.6 is 23.1 Å². The van der Waals surface area contributed by atoms with Crippen LogP contribution in [-0.4, -0.2) is 19.7 Å². The molecule has 0 aliphatic heterocycles. The maximum absolute atomic E-state index is 14.5. The summed E-state index contributed by atoms with van der Waals surface area (Å²) in [5.41, 5.74) is 3.79. The zero-order valence-corrected chi connectivity index (χ0v) is 19.4. The van der Waals surface area contributed by atoms with Gasteiger partial charge in [0.2, 0.25) is 0 Å². The molecule has 0 N–H and O–H groups in total. The van der Waals surface area contributed by atoms with Gasteiger partial charge in [0.25, 0.3) is 0 Å². The number of aryl methyl sites for hydroxylation is 1. The summed E-state index contributed by atoms with van der Waals surface area (Å²) in [5.74, 6) is 0.925. The van der Waals surface area contributed by atoms with Crippen molar-refractivity contribution < 1.29 is 4.39 Å². The summed E-state index contributed by atoms with van der Waals surface area (Å²) in [7, 11) is 0.